The summed E-state index contributed by atoms with van der Waals surface area (Å²) in [5, 5.41) is 3.59. The Morgan fingerprint density at radius 2 is 2.11 bits per heavy atom. The fraction of sp³-hybridized carbons (Fsp3) is 0.636. The van der Waals surface area contributed by atoms with E-state index in [1.54, 1.807) is 13.8 Å². The van der Waals surface area contributed by atoms with Gasteiger partial charge in [0.25, 0.3) is 0 Å². The molecule has 0 fully saturated rings. The van der Waals surface area contributed by atoms with Crippen molar-refractivity contribution in [1.29, 1.82) is 0 Å². The number of nitrogens with zero attached hydrogens (tertiary/aromatic N) is 1. The molecule has 19 heavy (non-hydrogen) atoms. The molecule has 0 saturated carbocycles. The molecule has 0 unspecified atom stereocenters. The van der Waals surface area contributed by atoms with Crippen molar-refractivity contribution >= 4 is 16.0 Å². The van der Waals surface area contributed by atoms with Crippen LogP contribution < -0.4 is 4.72 Å². The van der Waals surface area contributed by atoms with Crippen LogP contribution in [-0.4, -0.2) is 32.7 Å². The molecular weight excluding hydrogens is 272 g/mol. The maximum Gasteiger partial charge on any atom is 0.305 e. The fourth-order valence-corrected chi connectivity index (χ4v) is 3.00. The van der Waals surface area contributed by atoms with Gasteiger partial charge < -0.3 is 9.26 Å². The Morgan fingerprint density at radius 3 is 2.63 bits per heavy atom. The molecule has 1 rings (SSSR count). The van der Waals surface area contributed by atoms with Crippen molar-refractivity contribution in [2.45, 2.75) is 38.5 Å². The van der Waals surface area contributed by atoms with E-state index in [2.05, 4.69) is 9.88 Å². The molecule has 1 heterocycles. The number of aromatic nitrogens is 1. The second-order valence-corrected chi connectivity index (χ2v) is 5.66. The van der Waals surface area contributed by atoms with Crippen LogP contribution in [0, 0.1) is 13.8 Å². The summed E-state index contributed by atoms with van der Waals surface area (Å²) in [6.45, 7) is 5.30. The molecule has 1 aromatic heterocycles. The number of ether oxygens (including phenoxy) is 1. The molecular formula is C11H18N2O5S. The fourth-order valence-electron chi connectivity index (χ4n) is 1.60. The summed E-state index contributed by atoms with van der Waals surface area (Å²) in [6, 6.07) is 0. The number of rotatable bonds is 7. The summed E-state index contributed by atoms with van der Waals surface area (Å²) in [4.78, 5) is 11.1. The van der Waals surface area contributed by atoms with Crippen molar-refractivity contribution in [2.75, 3.05) is 13.2 Å². The summed E-state index contributed by atoms with van der Waals surface area (Å²) in [5.74, 6) is -0.0885. The first-order valence-electron chi connectivity index (χ1n) is 5.96. The zero-order valence-electron chi connectivity index (χ0n) is 11.2. The third-order valence-electron chi connectivity index (χ3n) is 2.39. The highest BCUT2D eigenvalue weighted by molar-refractivity contribution is 7.89. The number of hydrogen-bond acceptors (Lipinski definition) is 6. The molecule has 0 aliphatic heterocycles. The molecule has 0 aliphatic carbocycles. The van der Waals surface area contributed by atoms with Crippen LogP contribution in [0.5, 0.6) is 0 Å². The lowest BCUT2D eigenvalue weighted by molar-refractivity contribution is -0.143. The number of nitrogens with one attached hydrogen (secondary N) is 1. The van der Waals surface area contributed by atoms with Gasteiger partial charge in [0.15, 0.2) is 5.76 Å². The van der Waals surface area contributed by atoms with E-state index < -0.39 is 10.0 Å². The van der Waals surface area contributed by atoms with Gasteiger partial charge in [-0.15, -0.1) is 0 Å². The molecule has 1 N–H and O–H groups in total. The average molecular weight is 290 g/mol. The standard InChI is InChI=1S/C11H18N2O5S/c1-4-17-10(14)6-5-7-12-19(15,16)11-8(2)13-18-9(11)3/h12H,4-7H2,1-3H3. The van der Waals surface area contributed by atoms with Gasteiger partial charge in [0, 0.05) is 13.0 Å². The number of esters is 1. The molecule has 1 aromatic rings. The van der Waals surface area contributed by atoms with E-state index in [9.17, 15) is 13.2 Å². The largest absolute Gasteiger partial charge is 0.466 e. The summed E-state index contributed by atoms with van der Waals surface area (Å²) < 4.78 is 35.9. The number of carbonyl (C=O) groups excluding carboxylic acids is 1. The monoisotopic (exact) mass is 290 g/mol. The zero-order valence-corrected chi connectivity index (χ0v) is 12.0. The quantitative estimate of drug-likeness (QED) is 0.592. The molecule has 0 atom stereocenters. The van der Waals surface area contributed by atoms with Crippen molar-refractivity contribution in [2.24, 2.45) is 0 Å². The molecule has 108 valence electrons. The van der Waals surface area contributed by atoms with Gasteiger partial charge in [-0.1, -0.05) is 5.16 Å². The van der Waals surface area contributed by atoms with Crippen molar-refractivity contribution < 1.29 is 22.5 Å². The maximum absolute atomic E-state index is 12.0. The molecule has 0 spiro atoms. The molecule has 0 saturated heterocycles. The molecule has 0 aliphatic rings. The van der Waals surface area contributed by atoms with Crippen LogP contribution in [0.3, 0.4) is 0 Å². The Labute approximate surface area is 112 Å². The van der Waals surface area contributed by atoms with Crippen LogP contribution >= 0.6 is 0 Å². The second-order valence-electron chi connectivity index (χ2n) is 3.96. The van der Waals surface area contributed by atoms with Gasteiger partial charge in [-0.3, -0.25) is 4.79 Å². The molecule has 0 amide bonds. The summed E-state index contributed by atoms with van der Waals surface area (Å²) >= 11 is 0. The predicted molar refractivity (Wildman–Crippen MR) is 67.0 cm³/mol. The molecule has 7 nitrogen and oxygen atoms in total. The summed E-state index contributed by atoms with van der Waals surface area (Å²) in [7, 11) is -3.65. The first-order chi connectivity index (χ1) is 8.88. The SMILES string of the molecule is CCOC(=O)CCCNS(=O)(=O)c1c(C)noc1C. The van der Waals surface area contributed by atoms with Crippen LogP contribution in [0.4, 0.5) is 0 Å². The molecule has 0 bridgehead atoms. The van der Waals surface area contributed by atoms with E-state index >= 15 is 0 Å². The van der Waals surface area contributed by atoms with Gasteiger partial charge in [0.1, 0.15) is 10.6 Å². The van der Waals surface area contributed by atoms with Gasteiger partial charge >= 0.3 is 5.97 Å². The average Bonchev–Trinajstić information content (AvgIpc) is 2.65. The Hall–Kier alpha value is -1.41. The number of hydrogen-bond donors (Lipinski definition) is 1. The van der Waals surface area contributed by atoms with Crippen LogP contribution in [0.1, 0.15) is 31.2 Å². The third-order valence-corrected chi connectivity index (χ3v) is 4.10. The van der Waals surface area contributed by atoms with E-state index in [-0.39, 0.29) is 29.6 Å². The second kappa shape index (κ2) is 6.67. The highest BCUT2D eigenvalue weighted by atomic mass is 32.2. The van der Waals surface area contributed by atoms with E-state index in [4.69, 9.17) is 9.26 Å². The minimum absolute atomic E-state index is 0.0589. The highest BCUT2D eigenvalue weighted by Gasteiger charge is 2.23. The van der Waals surface area contributed by atoms with Crippen LogP contribution in [-0.2, 0) is 19.6 Å². The molecule has 0 radical (unpaired) electrons. The normalized spacial score (nSPS) is 11.5. The van der Waals surface area contributed by atoms with Crippen molar-refractivity contribution in [3.63, 3.8) is 0 Å². The maximum atomic E-state index is 12.0. The van der Waals surface area contributed by atoms with E-state index in [0.717, 1.165) is 0 Å². The van der Waals surface area contributed by atoms with E-state index in [0.29, 0.717) is 18.7 Å². The molecule has 8 heteroatoms. The first kappa shape index (κ1) is 15.6. The van der Waals surface area contributed by atoms with Crippen LogP contribution in [0.15, 0.2) is 9.42 Å². The number of carbonyl (C=O) groups is 1. The molecule has 0 aromatic carbocycles. The van der Waals surface area contributed by atoms with Crippen molar-refractivity contribution in [1.82, 2.24) is 9.88 Å². The Morgan fingerprint density at radius 1 is 1.42 bits per heavy atom. The number of sulfonamides is 1. The first-order valence-corrected chi connectivity index (χ1v) is 7.45. The lowest BCUT2D eigenvalue weighted by atomic mass is 10.3. The van der Waals surface area contributed by atoms with Gasteiger partial charge in [-0.05, 0) is 27.2 Å². The third kappa shape index (κ3) is 4.32. The Bertz CT molecular complexity index is 516. The lowest BCUT2D eigenvalue weighted by Crippen LogP contribution is -2.26. The van der Waals surface area contributed by atoms with Crippen LogP contribution in [0.25, 0.3) is 0 Å². The lowest BCUT2D eigenvalue weighted by Gasteiger charge is -2.06. The van der Waals surface area contributed by atoms with E-state index in [1.807, 2.05) is 0 Å². The van der Waals surface area contributed by atoms with Gasteiger partial charge in [0.05, 0.1) is 6.61 Å². The van der Waals surface area contributed by atoms with Gasteiger partial charge in [0.2, 0.25) is 10.0 Å². The zero-order chi connectivity index (χ0) is 14.5. The summed E-state index contributed by atoms with van der Waals surface area (Å²) in [5.41, 5.74) is 0.315. The van der Waals surface area contributed by atoms with Gasteiger partial charge in [-0.2, -0.15) is 0 Å². The van der Waals surface area contributed by atoms with E-state index in [1.165, 1.54) is 6.92 Å². The topological polar surface area (TPSA) is 98.5 Å². The van der Waals surface area contributed by atoms with Gasteiger partial charge in [-0.25, -0.2) is 13.1 Å². The smallest absolute Gasteiger partial charge is 0.305 e. The van der Waals surface area contributed by atoms with Crippen molar-refractivity contribution in [3.05, 3.63) is 11.5 Å². The Balaban J connectivity index is 2.51. The Kier molecular flexibility index (Phi) is 5.49. The predicted octanol–water partition coefficient (Wildman–Crippen LogP) is 0.913. The summed E-state index contributed by atoms with van der Waals surface area (Å²) in [6.07, 6.45) is 0.555. The minimum atomic E-state index is -3.65. The minimum Gasteiger partial charge on any atom is -0.466 e. The van der Waals surface area contributed by atoms with Crippen LogP contribution in [0.2, 0.25) is 0 Å². The highest BCUT2D eigenvalue weighted by Crippen LogP contribution is 2.18. The van der Waals surface area contributed by atoms with Crippen molar-refractivity contribution in [3.8, 4) is 0 Å². The number of aryl methyl sites for hydroxylation is 2.